The average Bonchev–Trinajstić information content (AvgIpc) is 2.42. The smallest absolute Gasteiger partial charge is 0.165 e. The molecule has 0 heterocycles. The van der Waals surface area contributed by atoms with E-state index < -0.39 is 11.9 Å². The number of benzene rings is 1. The fourth-order valence-corrected chi connectivity index (χ4v) is 1.36. The maximum Gasteiger partial charge on any atom is 0.165 e. The van der Waals surface area contributed by atoms with E-state index in [1.807, 2.05) is 0 Å². The molecule has 0 radical (unpaired) electrons. The Kier molecular flexibility index (Phi) is 7.35. The van der Waals surface area contributed by atoms with Gasteiger partial charge in [0.15, 0.2) is 11.6 Å². The Bertz CT molecular complexity index is 372. The summed E-state index contributed by atoms with van der Waals surface area (Å²) in [6.07, 6.45) is -0.839. The first-order valence-electron chi connectivity index (χ1n) is 5.94. The average molecular weight is 274 g/mol. The molecule has 0 aliphatic rings. The van der Waals surface area contributed by atoms with Crippen molar-refractivity contribution in [3.8, 4) is 5.75 Å². The lowest BCUT2D eigenvalue weighted by Gasteiger charge is -2.13. The highest BCUT2D eigenvalue weighted by molar-refractivity contribution is 5.28. The van der Waals surface area contributed by atoms with Crippen molar-refractivity contribution in [3.05, 3.63) is 29.6 Å². The highest BCUT2D eigenvalue weighted by Gasteiger charge is 2.09. The lowest BCUT2D eigenvalue weighted by Crippen LogP contribution is -2.24. The Morgan fingerprint density at radius 2 is 2.05 bits per heavy atom. The summed E-state index contributed by atoms with van der Waals surface area (Å²) in [5, 5.41) is 18.4. The van der Waals surface area contributed by atoms with Gasteiger partial charge < -0.3 is 24.4 Å². The molecule has 0 saturated heterocycles. The first-order valence-corrected chi connectivity index (χ1v) is 5.94. The van der Waals surface area contributed by atoms with E-state index in [-0.39, 0.29) is 25.6 Å². The molecule has 0 aromatic heterocycles. The zero-order chi connectivity index (χ0) is 14.1. The molecular weight excluding hydrogens is 255 g/mol. The van der Waals surface area contributed by atoms with Crippen molar-refractivity contribution in [3.63, 3.8) is 0 Å². The van der Waals surface area contributed by atoms with Crippen LogP contribution in [0.15, 0.2) is 18.2 Å². The number of halogens is 1. The topological polar surface area (TPSA) is 68.2 Å². The molecule has 0 saturated carbocycles. The minimum atomic E-state index is -0.839. The molecule has 5 nitrogen and oxygen atoms in total. The third-order valence-corrected chi connectivity index (χ3v) is 2.35. The lowest BCUT2D eigenvalue weighted by atomic mass is 10.2. The highest BCUT2D eigenvalue weighted by atomic mass is 19.1. The molecule has 6 heteroatoms. The van der Waals surface area contributed by atoms with Gasteiger partial charge in [0.1, 0.15) is 12.7 Å². The Hall–Kier alpha value is -1.21. The Labute approximate surface area is 111 Å². The first kappa shape index (κ1) is 15.8. The summed E-state index contributed by atoms with van der Waals surface area (Å²) in [5.41, 5.74) is 0.466. The zero-order valence-electron chi connectivity index (χ0n) is 10.8. The van der Waals surface area contributed by atoms with Gasteiger partial charge in [-0.25, -0.2) is 4.39 Å². The van der Waals surface area contributed by atoms with Gasteiger partial charge in [-0.15, -0.1) is 0 Å². The van der Waals surface area contributed by atoms with Crippen LogP contribution in [-0.2, 0) is 16.1 Å². The summed E-state index contributed by atoms with van der Waals surface area (Å²) in [6.45, 7) is 0.632. The van der Waals surface area contributed by atoms with Gasteiger partial charge in [0.25, 0.3) is 0 Å². The number of aliphatic hydroxyl groups is 2. The number of rotatable bonds is 9. The minimum absolute atomic E-state index is 0.0353. The summed E-state index contributed by atoms with van der Waals surface area (Å²) in [4.78, 5) is 0. The van der Waals surface area contributed by atoms with Gasteiger partial charge in [-0.2, -0.15) is 0 Å². The van der Waals surface area contributed by atoms with E-state index in [0.717, 1.165) is 0 Å². The molecule has 1 rings (SSSR count). The summed E-state index contributed by atoms with van der Waals surface area (Å²) in [6, 6.07) is 4.16. The van der Waals surface area contributed by atoms with Crippen LogP contribution in [0.1, 0.15) is 5.56 Å². The van der Waals surface area contributed by atoms with Crippen molar-refractivity contribution in [1.82, 2.24) is 0 Å². The number of ether oxygens (including phenoxy) is 3. The SMILES string of the molecule is COCCOCC(O)COc1ccc(CO)cc1F. The van der Waals surface area contributed by atoms with Gasteiger partial charge in [-0.1, -0.05) is 6.07 Å². The van der Waals surface area contributed by atoms with Crippen LogP contribution in [-0.4, -0.2) is 49.9 Å². The minimum Gasteiger partial charge on any atom is -0.488 e. The van der Waals surface area contributed by atoms with Crippen molar-refractivity contribution >= 4 is 0 Å². The third kappa shape index (κ3) is 5.98. The van der Waals surface area contributed by atoms with Gasteiger partial charge in [-0.3, -0.25) is 0 Å². The lowest BCUT2D eigenvalue weighted by molar-refractivity contribution is -0.00469. The van der Waals surface area contributed by atoms with E-state index in [1.54, 1.807) is 13.2 Å². The van der Waals surface area contributed by atoms with Crippen LogP contribution in [0.2, 0.25) is 0 Å². The molecular formula is C13H19FO5. The van der Waals surface area contributed by atoms with Crippen molar-refractivity contribution in [2.45, 2.75) is 12.7 Å². The van der Waals surface area contributed by atoms with Crippen LogP contribution in [0.5, 0.6) is 5.75 Å². The van der Waals surface area contributed by atoms with Crippen molar-refractivity contribution in [2.75, 3.05) is 33.5 Å². The molecule has 0 aliphatic carbocycles. The Morgan fingerprint density at radius 3 is 2.68 bits per heavy atom. The number of hydrogen-bond donors (Lipinski definition) is 2. The van der Waals surface area contributed by atoms with E-state index in [2.05, 4.69) is 0 Å². The van der Waals surface area contributed by atoms with Gasteiger partial charge in [0.05, 0.1) is 26.4 Å². The van der Waals surface area contributed by atoms with Crippen molar-refractivity contribution in [1.29, 1.82) is 0 Å². The maximum absolute atomic E-state index is 13.5. The van der Waals surface area contributed by atoms with Crippen LogP contribution in [0, 0.1) is 5.82 Å². The molecule has 0 aliphatic heterocycles. The number of methoxy groups -OCH3 is 1. The summed E-state index contributed by atoms with van der Waals surface area (Å²) >= 11 is 0. The molecule has 2 N–H and O–H groups in total. The second-order valence-corrected chi connectivity index (χ2v) is 3.96. The molecule has 1 aromatic rings. The summed E-state index contributed by atoms with van der Waals surface area (Å²) < 4.78 is 28.5. The normalized spacial score (nSPS) is 12.4. The second-order valence-electron chi connectivity index (χ2n) is 3.96. The molecule has 1 atom stereocenters. The Balaban J connectivity index is 2.31. The fraction of sp³-hybridized carbons (Fsp3) is 0.538. The molecule has 19 heavy (non-hydrogen) atoms. The predicted molar refractivity (Wildman–Crippen MR) is 66.5 cm³/mol. The fourth-order valence-electron chi connectivity index (χ4n) is 1.36. The van der Waals surface area contributed by atoms with Crippen LogP contribution < -0.4 is 4.74 Å². The Morgan fingerprint density at radius 1 is 1.26 bits per heavy atom. The van der Waals surface area contributed by atoms with E-state index in [1.165, 1.54) is 12.1 Å². The van der Waals surface area contributed by atoms with Crippen LogP contribution >= 0.6 is 0 Å². The summed E-state index contributed by atoms with van der Waals surface area (Å²) in [5.74, 6) is -0.535. The predicted octanol–water partition coefficient (Wildman–Crippen LogP) is 0.721. The molecule has 0 bridgehead atoms. The third-order valence-electron chi connectivity index (χ3n) is 2.35. The van der Waals surface area contributed by atoms with Gasteiger partial charge >= 0.3 is 0 Å². The molecule has 1 aromatic carbocycles. The van der Waals surface area contributed by atoms with Gasteiger partial charge in [0.2, 0.25) is 0 Å². The van der Waals surface area contributed by atoms with E-state index in [4.69, 9.17) is 19.3 Å². The van der Waals surface area contributed by atoms with Gasteiger partial charge in [-0.05, 0) is 17.7 Å². The molecule has 108 valence electrons. The second kappa shape index (κ2) is 8.82. The van der Waals surface area contributed by atoms with Crippen LogP contribution in [0.4, 0.5) is 4.39 Å². The van der Waals surface area contributed by atoms with E-state index in [0.29, 0.717) is 18.8 Å². The standard InChI is InChI=1S/C13H19FO5/c1-17-4-5-18-8-11(16)9-19-13-3-2-10(7-15)6-12(13)14/h2-3,6,11,15-16H,4-5,7-9H2,1H3. The summed E-state index contributed by atoms with van der Waals surface area (Å²) in [7, 11) is 1.56. The van der Waals surface area contributed by atoms with E-state index >= 15 is 0 Å². The number of aliphatic hydroxyl groups excluding tert-OH is 2. The van der Waals surface area contributed by atoms with Crippen LogP contribution in [0.3, 0.4) is 0 Å². The largest absolute Gasteiger partial charge is 0.488 e. The molecule has 0 fully saturated rings. The highest BCUT2D eigenvalue weighted by Crippen LogP contribution is 2.18. The maximum atomic E-state index is 13.5. The van der Waals surface area contributed by atoms with Crippen LogP contribution in [0.25, 0.3) is 0 Å². The van der Waals surface area contributed by atoms with Crippen molar-refractivity contribution in [2.24, 2.45) is 0 Å². The van der Waals surface area contributed by atoms with E-state index in [9.17, 15) is 9.50 Å². The van der Waals surface area contributed by atoms with Crippen molar-refractivity contribution < 1.29 is 28.8 Å². The molecule has 1 unspecified atom stereocenters. The number of hydrogen-bond acceptors (Lipinski definition) is 5. The first-order chi connectivity index (χ1) is 9.17. The quantitative estimate of drug-likeness (QED) is 0.649. The monoisotopic (exact) mass is 274 g/mol. The molecule has 0 amide bonds. The van der Waals surface area contributed by atoms with Gasteiger partial charge in [0, 0.05) is 7.11 Å². The molecule has 0 spiro atoms. The zero-order valence-corrected chi connectivity index (χ0v) is 10.8.